The molecule has 0 amide bonds. The van der Waals surface area contributed by atoms with Crippen LogP contribution in [0.5, 0.6) is 5.88 Å². The molecule has 0 N–H and O–H groups in total. The van der Waals surface area contributed by atoms with E-state index in [0.29, 0.717) is 12.0 Å². The summed E-state index contributed by atoms with van der Waals surface area (Å²) in [5.41, 5.74) is 2.82. The van der Waals surface area contributed by atoms with Gasteiger partial charge in [-0.15, -0.1) is 5.10 Å². The standard InChI is InChI=1S/C17H18N4O/c1-2-4-14(5-3-1)22-17-7-6-16-19-12-15(21(16)20-17)13-8-10-18-11-9-13/h6-12,14H,1-5H2. The molecule has 1 aliphatic carbocycles. The van der Waals surface area contributed by atoms with Crippen molar-refractivity contribution in [3.8, 4) is 17.1 Å². The number of nitrogens with zero attached hydrogens (tertiary/aromatic N) is 4. The summed E-state index contributed by atoms with van der Waals surface area (Å²) in [4.78, 5) is 8.46. The van der Waals surface area contributed by atoms with Crippen LogP contribution in [0.15, 0.2) is 42.9 Å². The number of rotatable bonds is 3. The Hall–Kier alpha value is -2.43. The van der Waals surface area contributed by atoms with Gasteiger partial charge < -0.3 is 4.74 Å². The van der Waals surface area contributed by atoms with E-state index < -0.39 is 0 Å². The van der Waals surface area contributed by atoms with E-state index in [1.54, 1.807) is 12.4 Å². The summed E-state index contributed by atoms with van der Waals surface area (Å²) in [6.45, 7) is 0. The third kappa shape index (κ3) is 2.54. The maximum absolute atomic E-state index is 6.05. The molecule has 112 valence electrons. The van der Waals surface area contributed by atoms with Crippen LogP contribution in [-0.2, 0) is 0 Å². The van der Waals surface area contributed by atoms with Crippen LogP contribution in [-0.4, -0.2) is 25.7 Å². The van der Waals surface area contributed by atoms with E-state index in [2.05, 4.69) is 15.1 Å². The summed E-state index contributed by atoms with van der Waals surface area (Å²) in [6.07, 6.45) is 11.8. The first-order valence-corrected chi connectivity index (χ1v) is 7.82. The Morgan fingerprint density at radius 3 is 2.64 bits per heavy atom. The highest BCUT2D eigenvalue weighted by Gasteiger charge is 2.16. The van der Waals surface area contributed by atoms with Gasteiger partial charge >= 0.3 is 0 Å². The van der Waals surface area contributed by atoms with E-state index in [-0.39, 0.29) is 0 Å². The van der Waals surface area contributed by atoms with Crippen LogP contribution in [0.4, 0.5) is 0 Å². The van der Waals surface area contributed by atoms with Crippen molar-refractivity contribution < 1.29 is 4.74 Å². The maximum Gasteiger partial charge on any atom is 0.232 e. The summed E-state index contributed by atoms with van der Waals surface area (Å²) < 4.78 is 7.89. The van der Waals surface area contributed by atoms with Crippen LogP contribution in [0.1, 0.15) is 32.1 Å². The predicted octanol–water partition coefficient (Wildman–Crippen LogP) is 3.50. The summed E-state index contributed by atoms with van der Waals surface area (Å²) >= 11 is 0. The van der Waals surface area contributed by atoms with Gasteiger partial charge in [-0.25, -0.2) is 9.50 Å². The number of hydrogen-bond donors (Lipinski definition) is 0. The van der Waals surface area contributed by atoms with Crippen molar-refractivity contribution >= 4 is 5.65 Å². The number of aromatic nitrogens is 4. The third-order valence-corrected chi connectivity index (χ3v) is 4.15. The van der Waals surface area contributed by atoms with Crippen LogP contribution in [0, 0.1) is 0 Å². The Bertz CT molecular complexity index is 763. The SMILES string of the molecule is c1cc(-c2cnc3ccc(OC4CCCCC4)nn23)ccn1. The first-order valence-electron chi connectivity index (χ1n) is 7.82. The zero-order valence-electron chi connectivity index (χ0n) is 12.4. The molecule has 0 bridgehead atoms. The molecule has 0 radical (unpaired) electrons. The molecule has 4 rings (SSSR count). The van der Waals surface area contributed by atoms with E-state index in [9.17, 15) is 0 Å². The summed E-state index contributed by atoms with van der Waals surface area (Å²) in [5, 5.41) is 4.62. The number of imidazole rings is 1. The lowest BCUT2D eigenvalue weighted by Crippen LogP contribution is -2.20. The highest BCUT2D eigenvalue weighted by molar-refractivity contribution is 5.62. The summed E-state index contributed by atoms with van der Waals surface area (Å²) in [6, 6.07) is 7.78. The fraction of sp³-hybridized carbons (Fsp3) is 0.353. The zero-order valence-corrected chi connectivity index (χ0v) is 12.4. The van der Waals surface area contributed by atoms with Crippen molar-refractivity contribution in [3.05, 3.63) is 42.9 Å². The third-order valence-electron chi connectivity index (χ3n) is 4.15. The fourth-order valence-corrected chi connectivity index (χ4v) is 2.99. The maximum atomic E-state index is 6.05. The molecule has 0 spiro atoms. The first-order chi connectivity index (χ1) is 10.9. The number of hydrogen-bond acceptors (Lipinski definition) is 4. The molecule has 0 aliphatic heterocycles. The van der Waals surface area contributed by atoms with Crippen molar-refractivity contribution in [2.75, 3.05) is 0 Å². The Morgan fingerprint density at radius 2 is 1.82 bits per heavy atom. The van der Waals surface area contributed by atoms with Gasteiger partial charge in [0.15, 0.2) is 5.65 Å². The van der Waals surface area contributed by atoms with Crippen LogP contribution in [0.2, 0.25) is 0 Å². The molecule has 5 heteroatoms. The van der Waals surface area contributed by atoms with Crippen LogP contribution >= 0.6 is 0 Å². The van der Waals surface area contributed by atoms with Crippen molar-refractivity contribution in [2.45, 2.75) is 38.2 Å². The Kier molecular flexibility index (Phi) is 3.46. The van der Waals surface area contributed by atoms with E-state index in [1.807, 2.05) is 35.0 Å². The Balaban J connectivity index is 1.67. The van der Waals surface area contributed by atoms with Gasteiger partial charge in [-0.3, -0.25) is 4.98 Å². The molecule has 0 unspecified atom stereocenters. The van der Waals surface area contributed by atoms with Gasteiger partial charge in [-0.1, -0.05) is 6.42 Å². The molecule has 0 aromatic carbocycles. The number of fused-ring (bicyclic) bond motifs is 1. The van der Waals surface area contributed by atoms with Gasteiger partial charge in [0.25, 0.3) is 0 Å². The van der Waals surface area contributed by atoms with Crippen molar-refractivity contribution in [2.24, 2.45) is 0 Å². The van der Waals surface area contributed by atoms with Crippen LogP contribution in [0.3, 0.4) is 0 Å². The molecule has 1 aliphatic rings. The molecule has 3 aromatic heterocycles. The van der Waals surface area contributed by atoms with Gasteiger partial charge in [0.05, 0.1) is 11.9 Å². The van der Waals surface area contributed by atoms with Crippen LogP contribution in [0.25, 0.3) is 16.9 Å². The molecule has 3 heterocycles. The van der Waals surface area contributed by atoms with Gasteiger partial charge in [0.2, 0.25) is 5.88 Å². The largest absolute Gasteiger partial charge is 0.473 e. The number of ether oxygens (including phenoxy) is 1. The lowest BCUT2D eigenvalue weighted by Gasteiger charge is -2.22. The summed E-state index contributed by atoms with van der Waals surface area (Å²) in [5.74, 6) is 0.674. The second-order valence-electron chi connectivity index (χ2n) is 5.70. The average molecular weight is 294 g/mol. The van der Waals surface area contributed by atoms with E-state index in [1.165, 1.54) is 19.3 Å². The lowest BCUT2D eigenvalue weighted by atomic mass is 9.98. The molecular formula is C17H18N4O. The van der Waals surface area contributed by atoms with E-state index in [4.69, 9.17) is 4.74 Å². The first kappa shape index (κ1) is 13.2. The molecule has 1 saturated carbocycles. The average Bonchev–Trinajstić information content (AvgIpc) is 3.00. The van der Waals surface area contributed by atoms with Gasteiger partial charge in [-0.2, -0.15) is 0 Å². The monoisotopic (exact) mass is 294 g/mol. The zero-order chi connectivity index (χ0) is 14.8. The van der Waals surface area contributed by atoms with Crippen molar-refractivity contribution in [3.63, 3.8) is 0 Å². The van der Waals surface area contributed by atoms with E-state index in [0.717, 1.165) is 29.7 Å². The highest BCUT2D eigenvalue weighted by atomic mass is 16.5. The van der Waals surface area contributed by atoms with Gasteiger partial charge in [-0.05, 0) is 43.9 Å². The summed E-state index contributed by atoms with van der Waals surface area (Å²) in [7, 11) is 0. The molecule has 0 atom stereocenters. The highest BCUT2D eigenvalue weighted by Crippen LogP contribution is 2.24. The molecule has 1 fully saturated rings. The van der Waals surface area contributed by atoms with Gasteiger partial charge in [0, 0.05) is 24.0 Å². The lowest BCUT2D eigenvalue weighted by molar-refractivity contribution is 0.147. The normalized spacial score (nSPS) is 16.0. The molecule has 5 nitrogen and oxygen atoms in total. The Morgan fingerprint density at radius 1 is 1.00 bits per heavy atom. The van der Waals surface area contributed by atoms with Gasteiger partial charge in [0.1, 0.15) is 6.10 Å². The van der Waals surface area contributed by atoms with E-state index >= 15 is 0 Å². The van der Waals surface area contributed by atoms with Crippen molar-refractivity contribution in [1.82, 2.24) is 19.6 Å². The minimum atomic E-state index is 0.298. The van der Waals surface area contributed by atoms with Crippen LogP contribution < -0.4 is 4.74 Å². The molecule has 3 aromatic rings. The molecular weight excluding hydrogens is 276 g/mol. The topological polar surface area (TPSA) is 52.3 Å². The molecule has 0 saturated heterocycles. The predicted molar refractivity (Wildman–Crippen MR) is 83.7 cm³/mol. The Labute approximate surface area is 129 Å². The second kappa shape index (κ2) is 5.75. The fourth-order valence-electron chi connectivity index (χ4n) is 2.99. The molecule has 22 heavy (non-hydrogen) atoms. The number of pyridine rings is 1. The second-order valence-corrected chi connectivity index (χ2v) is 5.70. The minimum absolute atomic E-state index is 0.298. The quantitative estimate of drug-likeness (QED) is 0.742. The minimum Gasteiger partial charge on any atom is -0.473 e. The smallest absolute Gasteiger partial charge is 0.232 e. The van der Waals surface area contributed by atoms with Crippen molar-refractivity contribution in [1.29, 1.82) is 0 Å².